The van der Waals surface area contributed by atoms with Gasteiger partial charge in [0.05, 0.1) is 11.7 Å². The number of alkyl halides is 5. The Morgan fingerprint density at radius 1 is 0.941 bits per heavy atom. The van der Waals surface area contributed by atoms with Crippen LogP contribution >= 0.6 is 12.4 Å². The van der Waals surface area contributed by atoms with E-state index in [1.165, 1.54) is 12.1 Å². The van der Waals surface area contributed by atoms with Gasteiger partial charge >= 0.3 is 12.1 Å². The van der Waals surface area contributed by atoms with Gasteiger partial charge in [-0.2, -0.15) is 27.1 Å². The lowest BCUT2D eigenvalue weighted by Crippen LogP contribution is -2.43. The molecule has 2 aliphatic rings. The summed E-state index contributed by atoms with van der Waals surface area (Å²) < 4.78 is 110. The SMILES string of the molecule is Cl.Fc1ccc(N2N=C(C(F)(F)C(F)(F)F)CC2c2cc(C3=CCNCC3)ccc2F)c(F)c1. The summed E-state index contributed by atoms with van der Waals surface area (Å²) in [6, 6.07) is 4.48. The molecule has 2 heterocycles. The van der Waals surface area contributed by atoms with Gasteiger partial charge in [0.25, 0.3) is 0 Å². The zero-order chi connectivity index (χ0) is 24.0. The molecule has 3 nitrogen and oxygen atoms in total. The Labute approximate surface area is 195 Å². The summed E-state index contributed by atoms with van der Waals surface area (Å²) in [5, 5.41) is 7.01. The molecule has 2 aliphatic heterocycles. The maximum absolute atomic E-state index is 14.8. The minimum Gasteiger partial charge on any atom is -0.313 e. The van der Waals surface area contributed by atoms with E-state index in [2.05, 4.69) is 10.4 Å². The molecule has 0 aromatic heterocycles. The van der Waals surface area contributed by atoms with Crippen LogP contribution in [-0.4, -0.2) is 30.9 Å². The van der Waals surface area contributed by atoms with Crippen molar-refractivity contribution < 1.29 is 35.1 Å². The summed E-state index contributed by atoms with van der Waals surface area (Å²) in [5.74, 6) is -8.42. The van der Waals surface area contributed by atoms with Crippen molar-refractivity contribution in [2.45, 2.75) is 31.0 Å². The fraction of sp³-hybridized carbons (Fsp3) is 0.318. The molecule has 0 fully saturated rings. The Balaban J connectivity index is 0.00000324. The molecule has 0 saturated heterocycles. The number of hydrogen-bond donors (Lipinski definition) is 1. The molecule has 4 rings (SSSR count). The number of hydrazone groups is 1. The number of rotatable bonds is 4. The van der Waals surface area contributed by atoms with Gasteiger partial charge in [-0.3, -0.25) is 5.01 Å². The van der Waals surface area contributed by atoms with Crippen LogP contribution in [0.5, 0.6) is 0 Å². The van der Waals surface area contributed by atoms with Crippen LogP contribution in [0.3, 0.4) is 0 Å². The molecular formula is C22H18ClF8N3. The molecule has 2 aromatic rings. The first kappa shape index (κ1) is 26.0. The van der Waals surface area contributed by atoms with Gasteiger partial charge in [-0.05, 0) is 48.4 Å². The van der Waals surface area contributed by atoms with Crippen molar-refractivity contribution >= 4 is 29.4 Å². The van der Waals surface area contributed by atoms with Crippen molar-refractivity contribution in [1.29, 1.82) is 0 Å². The van der Waals surface area contributed by atoms with Crippen molar-refractivity contribution in [3.63, 3.8) is 0 Å². The van der Waals surface area contributed by atoms with Crippen LogP contribution in [0.1, 0.15) is 30.0 Å². The highest BCUT2D eigenvalue weighted by Gasteiger charge is 2.63. The second-order valence-corrected chi connectivity index (χ2v) is 7.70. The van der Waals surface area contributed by atoms with Crippen LogP contribution in [0, 0.1) is 17.5 Å². The quantitative estimate of drug-likeness (QED) is 0.481. The fourth-order valence-electron chi connectivity index (χ4n) is 3.88. The summed E-state index contributed by atoms with van der Waals surface area (Å²) in [6.07, 6.45) is -4.51. The number of nitrogens with one attached hydrogen (secondary N) is 1. The van der Waals surface area contributed by atoms with Gasteiger partial charge in [-0.1, -0.05) is 12.1 Å². The maximum atomic E-state index is 14.8. The zero-order valence-electron chi connectivity index (χ0n) is 17.3. The van der Waals surface area contributed by atoms with Crippen LogP contribution in [0.25, 0.3) is 5.57 Å². The van der Waals surface area contributed by atoms with Crippen molar-refractivity contribution in [2.24, 2.45) is 5.10 Å². The van der Waals surface area contributed by atoms with E-state index in [4.69, 9.17) is 0 Å². The van der Waals surface area contributed by atoms with E-state index < -0.39 is 53.4 Å². The molecular weight excluding hydrogens is 494 g/mol. The maximum Gasteiger partial charge on any atom is 0.459 e. The number of benzene rings is 2. The van der Waals surface area contributed by atoms with Gasteiger partial charge in [0.1, 0.15) is 17.3 Å². The smallest absolute Gasteiger partial charge is 0.313 e. The van der Waals surface area contributed by atoms with Crippen LogP contribution in [0.4, 0.5) is 40.8 Å². The van der Waals surface area contributed by atoms with Crippen molar-refractivity contribution in [1.82, 2.24) is 5.32 Å². The summed E-state index contributed by atoms with van der Waals surface area (Å²) in [7, 11) is 0. The van der Waals surface area contributed by atoms with E-state index in [0.717, 1.165) is 23.8 Å². The van der Waals surface area contributed by atoms with Crippen molar-refractivity contribution in [2.75, 3.05) is 18.1 Å². The highest BCUT2D eigenvalue weighted by atomic mass is 35.5. The van der Waals surface area contributed by atoms with E-state index in [9.17, 15) is 35.1 Å². The predicted molar refractivity (Wildman–Crippen MR) is 114 cm³/mol. The Morgan fingerprint density at radius 2 is 1.68 bits per heavy atom. The molecule has 0 amide bonds. The van der Waals surface area contributed by atoms with E-state index in [1.807, 2.05) is 6.08 Å². The number of anilines is 1. The highest BCUT2D eigenvalue weighted by molar-refractivity contribution is 5.95. The number of hydrogen-bond acceptors (Lipinski definition) is 3. The lowest BCUT2D eigenvalue weighted by Gasteiger charge is -2.25. The van der Waals surface area contributed by atoms with Crippen LogP contribution in [0.2, 0.25) is 0 Å². The first-order valence-electron chi connectivity index (χ1n) is 9.95. The van der Waals surface area contributed by atoms with Crippen LogP contribution < -0.4 is 10.3 Å². The lowest BCUT2D eigenvalue weighted by molar-refractivity contribution is -0.249. The largest absolute Gasteiger partial charge is 0.459 e. The van der Waals surface area contributed by atoms with Gasteiger partial charge in [0.2, 0.25) is 0 Å². The molecule has 12 heteroatoms. The average Bonchev–Trinajstić information content (AvgIpc) is 3.19. The zero-order valence-corrected chi connectivity index (χ0v) is 18.1. The molecule has 34 heavy (non-hydrogen) atoms. The first-order chi connectivity index (χ1) is 15.5. The molecule has 2 aromatic carbocycles. The highest BCUT2D eigenvalue weighted by Crippen LogP contribution is 2.45. The monoisotopic (exact) mass is 511 g/mol. The van der Waals surface area contributed by atoms with Gasteiger partial charge in [-0.25, -0.2) is 13.2 Å². The molecule has 0 saturated carbocycles. The lowest BCUT2D eigenvalue weighted by atomic mass is 9.93. The molecule has 0 aliphatic carbocycles. The molecule has 184 valence electrons. The van der Waals surface area contributed by atoms with Crippen molar-refractivity contribution in [3.05, 3.63) is 71.1 Å². The molecule has 0 bridgehead atoms. The van der Waals surface area contributed by atoms with Gasteiger partial charge < -0.3 is 5.32 Å². The van der Waals surface area contributed by atoms with Crippen molar-refractivity contribution in [3.8, 4) is 0 Å². The minimum absolute atomic E-state index is 0. The van der Waals surface area contributed by atoms with E-state index in [1.54, 1.807) is 0 Å². The van der Waals surface area contributed by atoms with Crippen LogP contribution in [-0.2, 0) is 0 Å². The van der Waals surface area contributed by atoms with Gasteiger partial charge in [-0.15, -0.1) is 12.4 Å². The Bertz CT molecular complexity index is 1130. The molecule has 0 radical (unpaired) electrons. The fourth-order valence-corrected chi connectivity index (χ4v) is 3.88. The summed E-state index contributed by atoms with van der Waals surface area (Å²) in [4.78, 5) is 0. The Hall–Kier alpha value is -2.66. The topological polar surface area (TPSA) is 27.6 Å². The second-order valence-electron chi connectivity index (χ2n) is 7.70. The summed E-state index contributed by atoms with van der Waals surface area (Å²) in [5.41, 5.74) is -0.972. The normalized spacial score (nSPS) is 18.9. The average molecular weight is 512 g/mol. The van der Waals surface area contributed by atoms with E-state index in [-0.39, 0.29) is 18.0 Å². The predicted octanol–water partition coefficient (Wildman–Crippen LogP) is 6.41. The van der Waals surface area contributed by atoms with Gasteiger partial charge in [0.15, 0.2) is 5.82 Å². The number of nitrogens with zero attached hydrogens (tertiary/aromatic N) is 2. The van der Waals surface area contributed by atoms with Crippen LogP contribution in [0.15, 0.2) is 47.6 Å². The van der Waals surface area contributed by atoms with E-state index >= 15 is 0 Å². The van der Waals surface area contributed by atoms with E-state index in [0.29, 0.717) is 36.1 Å². The second kappa shape index (κ2) is 9.53. The third-order valence-electron chi connectivity index (χ3n) is 5.58. The summed E-state index contributed by atoms with van der Waals surface area (Å²) >= 11 is 0. The molecule has 1 N–H and O–H groups in total. The summed E-state index contributed by atoms with van der Waals surface area (Å²) in [6.45, 7) is 1.21. The Kier molecular flexibility index (Phi) is 7.28. The van der Waals surface area contributed by atoms with Gasteiger partial charge in [0, 0.05) is 24.6 Å². The third kappa shape index (κ3) is 4.76. The first-order valence-corrected chi connectivity index (χ1v) is 9.95. The Morgan fingerprint density at radius 3 is 2.29 bits per heavy atom. The molecule has 0 spiro atoms. The molecule has 1 unspecified atom stereocenters. The minimum atomic E-state index is -5.95. The number of halogens is 9. The standard InChI is InChI=1S/C22H17F8N3.ClH/c23-14-2-4-18(17(25)10-14)33-19(11-20(32-33)21(26,27)22(28,29)30)15-9-13(1-3-16(15)24)12-5-7-31-8-6-12;/h1-5,9-10,19,31H,6-8,11H2;1H. The molecule has 1 atom stereocenters. The third-order valence-corrected chi connectivity index (χ3v) is 5.58.